The SMILES string of the molecule is Clc1ccc2cccnc2c1Cn1cc(CC2COCCN2)nn1. The van der Waals surface area contributed by atoms with Crippen LogP contribution in [0.2, 0.25) is 5.02 Å². The van der Waals surface area contributed by atoms with Gasteiger partial charge in [-0.25, -0.2) is 4.68 Å². The molecule has 1 N–H and O–H groups in total. The van der Waals surface area contributed by atoms with Gasteiger partial charge in [-0.2, -0.15) is 0 Å². The number of rotatable bonds is 4. The van der Waals surface area contributed by atoms with Gasteiger partial charge in [-0.15, -0.1) is 5.10 Å². The topological polar surface area (TPSA) is 64.9 Å². The lowest BCUT2D eigenvalue weighted by molar-refractivity contribution is 0.0767. The second-order valence-electron chi connectivity index (χ2n) is 5.94. The van der Waals surface area contributed by atoms with Crippen LogP contribution >= 0.6 is 11.6 Å². The first-order chi connectivity index (χ1) is 11.8. The average molecular weight is 344 g/mol. The number of hydrogen-bond donors (Lipinski definition) is 1. The van der Waals surface area contributed by atoms with Crippen LogP contribution in [0.1, 0.15) is 11.3 Å². The lowest BCUT2D eigenvalue weighted by Gasteiger charge is -2.22. The highest BCUT2D eigenvalue weighted by Crippen LogP contribution is 2.25. The number of ether oxygens (including phenoxy) is 1. The Labute approximate surface area is 144 Å². The summed E-state index contributed by atoms with van der Waals surface area (Å²) in [4.78, 5) is 4.47. The fourth-order valence-corrected chi connectivity index (χ4v) is 3.22. The largest absolute Gasteiger partial charge is 0.379 e. The van der Waals surface area contributed by atoms with Crippen LogP contribution in [0.3, 0.4) is 0 Å². The van der Waals surface area contributed by atoms with E-state index in [1.54, 1.807) is 6.20 Å². The predicted molar refractivity (Wildman–Crippen MR) is 92.2 cm³/mol. The maximum Gasteiger partial charge on any atom is 0.0843 e. The Morgan fingerprint density at radius 3 is 3.17 bits per heavy atom. The van der Waals surface area contributed by atoms with Crippen molar-refractivity contribution in [2.24, 2.45) is 0 Å². The number of morpholine rings is 1. The van der Waals surface area contributed by atoms with Gasteiger partial charge in [0.25, 0.3) is 0 Å². The maximum atomic E-state index is 6.39. The van der Waals surface area contributed by atoms with Gasteiger partial charge in [0.1, 0.15) is 0 Å². The zero-order valence-corrected chi connectivity index (χ0v) is 13.9. The molecule has 1 fully saturated rings. The van der Waals surface area contributed by atoms with E-state index in [1.807, 2.05) is 35.1 Å². The zero-order valence-electron chi connectivity index (χ0n) is 13.2. The molecule has 0 aliphatic carbocycles. The summed E-state index contributed by atoms with van der Waals surface area (Å²) in [5.41, 5.74) is 2.82. The molecule has 7 heteroatoms. The molecule has 3 aromatic rings. The average Bonchev–Trinajstić information content (AvgIpc) is 3.05. The van der Waals surface area contributed by atoms with Gasteiger partial charge in [0.05, 0.1) is 31.0 Å². The minimum atomic E-state index is 0.298. The molecular weight excluding hydrogens is 326 g/mol. The number of nitrogens with one attached hydrogen (secondary N) is 1. The van der Waals surface area contributed by atoms with Crippen molar-refractivity contribution in [3.63, 3.8) is 0 Å². The summed E-state index contributed by atoms with van der Waals surface area (Å²) in [7, 11) is 0. The second-order valence-corrected chi connectivity index (χ2v) is 6.35. The van der Waals surface area contributed by atoms with Crippen LogP contribution in [-0.2, 0) is 17.7 Å². The van der Waals surface area contributed by atoms with E-state index in [1.165, 1.54) is 0 Å². The Hall–Kier alpha value is -2.02. The number of benzene rings is 1. The molecule has 0 bridgehead atoms. The summed E-state index contributed by atoms with van der Waals surface area (Å²) in [5, 5.41) is 13.7. The molecule has 4 rings (SSSR count). The van der Waals surface area contributed by atoms with Gasteiger partial charge >= 0.3 is 0 Å². The van der Waals surface area contributed by atoms with E-state index in [0.717, 1.165) is 41.7 Å². The van der Waals surface area contributed by atoms with Crippen molar-refractivity contribution in [1.82, 2.24) is 25.3 Å². The first kappa shape index (κ1) is 15.5. The maximum absolute atomic E-state index is 6.39. The minimum absolute atomic E-state index is 0.298. The number of nitrogens with zero attached hydrogens (tertiary/aromatic N) is 4. The highest BCUT2D eigenvalue weighted by atomic mass is 35.5. The van der Waals surface area contributed by atoms with Crippen molar-refractivity contribution in [3.8, 4) is 0 Å². The van der Waals surface area contributed by atoms with Crippen LogP contribution in [-0.4, -0.2) is 45.8 Å². The van der Waals surface area contributed by atoms with E-state index in [0.29, 0.717) is 24.2 Å². The fourth-order valence-electron chi connectivity index (χ4n) is 3.01. The summed E-state index contributed by atoms with van der Waals surface area (Å²) in [5.74, 6) is 0. The van der Waals surface area contributed by atoms with Gasteiger partial charge in [-0.05, 0) is 12.1 Å². The van der Waals surface area contributed by atoms with Crippen LogP contribution in [0.5, 0.6) is 0 Å². The molecule has 6 nitrogen and oxygen atoms in total. The number of pyridine rings is 1. The molecule has 3 heterocycles. The lowest BCUT2D eigenvalue weighted by atomic mass is 10.1. The van der Waals surface area contributed by atoms with Gasteiger partial charge < -0.3 is 10.1 Å². The fraction of sp³-hybridized carbons (Fsp3) is 0.353. The van der Waals surface area contributed by atoms with Gasteiger partial charge in [0, 0.05) is 47.4 Å². The van der Waals surface area contributed by atoms with Gasteiger partial charge in [-0.1, -0.05) is 28.9 Å². The third-order valence-electron chi connectivity index (χ3n) is 4.18. The molecule has 124 valence electrons. The molecule has 0 saturated carbocycles. The van der Waals surface area contributed by atoms with Crippen molar-refractivity contribution in [3.05, 3.63) is 52.9 Å². The van der Waals surface area contributed by atoms with Crippen molar-refractivity contribution >= 4 is 22.5 Å². The first-order valence-corrected chi connectivity index (χ1v) is 8.39. The Balaban J connectivity index is 1.55. The molecule has 0 radical (unpaired) electrons. The van der Waals surface area contributed by atoms with Crippen molar-refractivity contribution in [2.45, 2.75) is 19.0 Å². The van der Waals surface area contributed by atoms with Crippen LogP contribution < -0.4 is 5.32 Å². The third-order valence-corrected chi connectivity index (χ3v) is 4.54. The van der Waals surface area contributed by atoms with E-state index >= 15 is 0 Å². The molecule has 24 heavy (non-hydrogen) atoms. The quantitative estimate of drug-likeness (QED) is 0.785. The molecule has 0 spiro atoms. The smallest absolute Gasteiger partial charge is 0.0843 e. The van der Waals surface area contributed by atoms with Gasteiger partial charge in [0.2, 0.25) is 0 Å². The monoisotopic (exact) mass is 343 g/mol. The summed E-state index contributed by atoms with van der Waals surface area (Å²) >= 11 is 6.39. The van der Waals surface area contributed by atoms with Crippen LogP contribution in [0.4, 0.5) is 0 Å². The molecule has 1 aliphatic heterocycles. The summed E-state index contributed by atoms with van der Waals surface area (Å²) in [6.07, 6.45) is 4.56. The minimum Gasteiger partial charge on any atom is -0.379 e. The third kappa shape index (κ3) is 3.26. The number of aromatic nitrogens is 4. The van der Waals surface area contributed by atoms with E-state index in [4.69, 9.17) is 16.3 Å². The number of hydrogen-bond acceptors (Lipinski definition) is 5. The van der Waals surface area contributed by atoms with Gasteiger partial charge in [-0.3, -0.25) is 4.98 Å². The van der Waals surface area contributed by atoms with E-state index in [2.05, 4.69) is 20.6 Å². The highest BCUT2D eigenvalue weighted by molar-refractivity contribution is 6.32. The molecular formula is C17H18ClN5O. The van der Waals surface area contributed by atoms with Crippen LogP contribution in [0.25, 0.3) is 10.9 Å². The van der Waals surface area contributed by atoms with Crippen molar-refractivity contribution in [1.29, 1.82) is 0 Å². The highest BCUT2D eigenvalue weighted by Gasteiger charge is 2.16. The first-order valence-electron chi connectivity index (χ1n) is 8.02. The summed E-state index contributed by atoms with van der Waals surface area (Å²) < 4.78 is 7.29. The van der Waals surface area contributed by atoms with Crippen molar-refractivity contribution < 1.29 is 4.74 Å². The van der Waals surface area contributed by atoms with E-state index < -0.39 is 0 Å². The Bertz CT molecular complexity index is 844. The Kier molecular flexibility index (Phi) is 4.42. The zero-order chi connectivity index (χ0) is 16.4. The molecule has 1 saturated heterocycles. The molecule has 1 atom stereocenters. The number of fused-ring (bicyclic) bond motifs is 1. The van der Waals surface area contributed by atoms with Crippen LogP contribution in [0.15, 0.2) is 36.7 Å². The molecule has 1 unspecified atom stereocenters. The Morgan fingerprint density at radius 2 is 2.29 bits per heavy atom. The predicted octanol–water partition coefficient (Wildman–Crippen LogP) is 2.06. The molecule has 2 aromatic heterocycles. The second kappa shape index (κ2) is 6.84. The molecule has 1 aromatic carbocycles. The van der Waals surface area contributed by atoms with Crippen molar-refractivity contribution in [2.75, 3.05) is 19.8 Å². The van der Waals surface area contributed by atoms with Crippen LogP contribution in [0, 0.1) is 0 Å². The summed E-state index contributed by atoms with van der Waals surface area (Å²) in [6.45, 7) is 2.92. The van der Waals surface area contributed by atoms with E-state index in [9.17, 15) is 0 Å². The molecule has 1 aliphatic rings. The number of halogens is 1. The van der Waals surface area contributed by atoms with Gasteiger partial charge in [0.15, 0.2) is 0 Å². The molecule has 0 amide bonds. The standard InChI is InChI=1S/C17H18ClN5O/c18-16-4-3-12-2-1-5-20-17(12)15(16)10-23-9-13(21-22-23)8-14-11-24-7-6-19-14/h1-5,9,14,19H,6-8,10-11H2. The summed E-state index contributed by atoms with van der Waals surface area (Å²) in [6, 6.07) is 8.14. The Morgan fingerprint density at radius 1 is 1.33 bits per heavy atom. The van der Waals surface area contributed by atoms with E-state index in [-0.39, 0.29) is 0 Å². The lowest BCUT2D eigenvalue weighted by Crippen LogP contribution is -2.42. The normalized spacial score (nSPS) is 18.1.